The maximum absolute atomic E-state index is 12.4. The van der Waals surface area contributed by atoms with Crippen molar-refractivity contribution in [2.75, 3.05) is 11.1 Å². The fraction of sp³-hybridized carbons (Fsp3) is 0.136. The number of amides is 1. The number of benzene rings is 3. The van der Waals surface area contributed by atoms with Crippen molar-refractivity contribution in [2.45, 2.75) is 11.8 Å². The first-order chi connectivity index (χ1) is 15.4. The predicted octanol–water partition coefficient (Wildman–Crippen LogP) is 6.24. The Balaban J connectivity index is 1.37. The Labute approximate surface area is 203 Å². The lowest BCUT2D eigenvalue weighted by Gasteiger charge is -2.10. The second-order valence-electron chi connectivity index (χ2n) is 6.81. The van der Waals surface area contributed by atoms with Gasteiger partial charge in [0.25, 0.3) is 0 Å². The molecule has 6 nitrogen and oxygen atoms in total. The van der Waals surface area contributed by atoms with Crippen molar-refractivity contribution in [3.8, 4) is 5.75 Å². The van der Waals surface area contributed by atoms with Crippen LogP contribution in [0.15, 0.2) is 59.8 Å². The molecule has 4 rings (SSSR count). The fourth-order valence-corrected chi connectivity index (χ4v) is 4.67. The Kier molecular flexibility index (Phi) is 7.10. The smallest absolute Gasteiger partial charge is 0.234 e. The summed E-state index contributed by atoms with van der Waals surface area (Å²) in [5.41, 5.74) is 0.325. The zero-order valence-corrected chi connectivity index (χ0v) is 19.9. The van der Waals surface area contributed by atoms with E-state index < -0.39 is 0 Å². The van der Waals surface area contributed by atoms with Gasteiger partial charge in [0.2, 0.25) is 5.91 Å². The number of halogens is 3. The van der Waals surface area contributed by atoms with Crippen LogP contribution in [-0.4, -0.2) is 26.4 Å². The maximum Gasteiger partial charge on any atom is 0.234 e. The zero-order chi connectivity index (χ0) is 22.7. The normalized spacial score (nSPS) is 11.0. The van der Waals surface area contributed by atoms with E-state index in [9.17, 15) is 4.79 Å². The van der Waals surface area contributed by atoms with Crippen LogP contribution >= 0.6 is 46.6 Å². The predicted molar refractivity (Wildman–Crippen MR) is 130 cm³/mol. The molecular weight excluding hydrogens is 491 g/mol. The van der Waals surface area contributed by atoms with Gasteiger partial charge in [-0.3, -0.25) is 4.79 Å². The van der Waals surface area contributed by atoms with Gasteiger partial charge in [0, 0.05) is 17.5 Å². The minimum atomic E-state index is -0.280. The molecule has 4 aromatic rings. The largest absolute Gasteiger partial charge is 0.485 e. The summed E-state index contributed by atoms with van der Waals surface area (Å²) in [7, 11) is 1.83. The summed E-state index contributed by atoms with van der Waals surface area (Å²) in [4.78, 5) is 12.4. The number of thioether (sulfide) groups is 1. The second-order valence-corrected chi connectivity index (χ2v) is 9.00. The number of anilines is 1. The summed E-state index contributed by atoms with van der Waals surface area (Å²) in [5, 5.41) is 14.7. The first kappa shape index (κ1) is 22.7. The highest BCUT2D eigenvalue weighted by Gasteiger charge is 2.15. The molecule has 0 saturated heterocycles. The topological polar surface area (TPSA) is 69.0 Å². The number of carbonyl (C=O) groups is 1. The van der Waals surface area contributed by atoms with Crippen LogP contribution in [-0.2, 0) is 18.4 Å². The number of nitrogens with one attached hydrogen (secondary N) is 1. The average molecular weight is 508 g/mol. The zero-order valence-electron chi connectivity index (χ0n) is 16.8. The van der Waals surface area contributed by atoms with E-state index in [4.69, 9.17) is 39.5 Å². The number of rotatable bonds is 7. The van der Waals surface area contributed by atoms with Gasteiger partial charge in [0.05, 0.1) is 21.5 Å². The molecule has 10 heteroatoms. The molecular formula is C22H17Cl3N4O2S. The number of aromatic nitrogens is 3. The van der Waals surface area contributed by atoms with Crippen LogP contribution in [0.4, 0.5) is 5.69 Å². The number of fused-ring (bicyclic) bond motifs is 1. The van der Waals surface area contributed by atoms with Crippen LogP contribution in [0.1, 0.15) is 5.82 Å². The van der Waals surface area contributed by atoms with Gasteiger partial charge >= 0.3 is 0 Å². The molecule has 164 valence electrons. The first-order valence-corrected chi connectivity index (χ1v) is 11.6. The van der Waals surface area contributed by atoms with Crippen LogP contribution in [0, 0.1) is 0 Å². The highest BCUT2D eigenvalue weighted by Crippen LogP contribution is 2.34. The molecule has 0 bridgehead atoms. The SMILES string of the molecule is Cn1c(COc2cccc3ccccc23)nnc1SCC(=O)Nc1c(Cl)cc(Cl)cc1Cl. The molecule has 0 aliphatic heterocycles. The van der Waals surface area contributed by atoms with Gasteiger partial charge < -0.3 is 14.6 Å². The van der Waals surface area contributed by atoms with E-state index in [0.29, 0.717) is 21.7 Å². The summed E-state index contributed by atoms with van der Waals surface area (Å²) in [6, 6.07) is 17.0. The molecule has 0 fully saturated rings. The summed E-state index contributed by atoms with van der Waals surface area (Å²) in [6.07, 6.45) is 0. The van der Waals surface area contributed by atoms with Gasteiger partial charge in [0.15, 0.2) is 11.0 Å². The third kappa shape index (κ3) is 5.13. The molecule has 0 aliphatic carbocycles. The third-order valence-electron chi connectivity index (χ3n) is 4.64. The third-order valence-corrected chi connectivity index (χ3v) is 6.47. The summed E-state index contributed by atoms with van der Waals surface area (Å²) in [6.45, 7) is 0.250. The van der Waals surface area contributed by atoms with E-state index in [1.54, 1.807) is 4.57 Å². The molecule has 1 amide bonds. The standard InChI is InChI=1S/C22H17Cl3N4O2S/c1-29-19(11-31-18-8-4-6-13-5-2-3-7-15(13)18)27-28-22(29)32-12-20(30)26-21-16(24)9-14(23)10-17(21)25/h2-10H,11-12H2,1H3,(H,26,30). The lowest BCUT2D eigenvalue weighted by atomic mass is 10.1. The maximum atomic E-state index is 12.4. The second kappa shape index (κ2) is 10.0. The number of hydrogen-bond donors (Lipinski definition) is 1. The monoisotopic (exact) mass is 506 g/mol. The Morgan fingerprint density at radius 1 is 1.06 bits per heavy atom. The molecule has 1 aromatic heterocycles. The Bertz CT molecular complexity index is 1270. The first-order valence-electron chi connectivity index (χ1n) is 9.48. The number of carbonyl (C=O) groups excluding carboxylic acids is 1. The summed E-state index contributed by atoms with van der Waals surface area (Å²) < 4.78 is 7.79. The summed E-state index contributed by atoms with van der Waals surface area (Å²) in [5.74, 6) is 1.24. The minimum Gasteiger partial charge on any atom is -0.485 e. The van der Waals surface area contributed by atoms with E-state index in [-0.39, 0.29) is 28.3 Å². The molecule has 0 aliphatic rings. The molecule has 0 unspecified atom stereocenters. The molecule has 1 heterocycles. The van der Waals surface area contributed by atoms with Crippen molar-refractivity contribution >= 4 is 68.9 Å². The van der Waals surface area contributed by atoms with Crippen LogP contribution in [0.3, 0.4) is 0 Å². The molecule has 0 spiro atoms. The highest BCUT2D eigenvalue weighted by atomic mass is 35.5. The minimum absolute atomic E-state index is 0.103. The number of ether oxygens (including phenoxy) is 1. The van der Waals surface area contributed by atoms with Crippen LogP contribution in [0.5, 0.6) is 5.75 Å². The van der Waals surface area contributed by atoms with Gasteiger partial charge in [-0.25, -0.2) is 0 Å². The molecule has 0 atom stereocenters. The van der Waals surface area contributed by atoms with Gasteiger partial charge in [-0.05, 0) is 23.6 Å². The molecule has 0 saturated carbocycles. The van der Waals surface area contributed by atoms with E-state index in [0.717, 1.165) is 16.5 Å². The van der Waals surface area contributed by atoms with Crippen molar-refractivity contribution in [1.82, 2.24) is 14.8 Å². The van der Waals surface area contributed by atoms with Crippen molar-refractivity contribution in [2.24, 2.45) is 7.05 Å². The average Bonchev–Trinajstić information content (AvgIpc) is 3.12. The molecule has 32 heavy (non-hydrogen) atoms. The van der Waals surface area contributed by atoms with Crippen LogP contribution in [0.2, 0.25) is 15.1 Å². The van der Waals surface area contributed by atoms with Crippen molar-refractivity contribution in [1.29, 1.82) is 0 Å². The number of nitrogens with zero attached hydrogens (tertiary/aromatic N) is 3. The summed E-state index contributed by atoms with van der Waals surface area (Å²) >= 11 is 19.4. The molecule has 0 radical (unpaired) electrons. The number of hydrogen-bond acceptors (Lipinski definition) is 5. The van der Waals surface area contributed by atoms with E-state index in [1.807, 2.05) is 49.5 Å². The van der Waals surface area contributed by atoms with E-state index in [2.05, 4.69) is 15.5 Å². The van der Waals surface area contributed by atoms with Crippen LogP contribution in [0.25, 0.3) is 10.8 Å². The van der Waals surface area contributed by atoms with Gasteiger partial charge in [-0.15, -0.1) is 10.2 Å². The lowest BCUT2D eigenvalue weighted by Crippen LogP contribution is -2.15. The van der Waals surface area contributed by atoms with Crippen LogP contribution < -0.4 is 10.1 Å². The molecule has 3 aromatic carbocycles. The lowest BCUT2D eigenvalue weighted by molar-refractivity contribution is -0.113. The van der Waals surface area contributed by atoms with Crippen molar-refractivity contribution in [3.63, 3.8) is 0 Å². The Hall–Kier alpha value is -2.45. The Morgan fingerprint density at radius 3 is 2.56 bits per heavy atom. The van der Waals surface area contributed by atoms with Crippen molar-refractivity contribution in [3.05, 3.63) is 75.5 Å². The van der Waals surface area contributed by atoms with Gasteiger partial charge in [-0.1, -0.05) is 83.0 Å². The van der Waals surface area contributed by atoms with Gasteiger partial charge in [0.1, 0.15) is 12.4 Å². The fourth-order valence-electron chi connectivity index (χ4n) is 3.03. The quantitative estimate of drug-likeness (QED) is 0.300. The highest BCUT2D eigenvalue weighted by molar-refractivity contribution is 7.99. The van der Waals surface area contributed by atoms with Gasteiger partial charge in [-0.2, -0.15) is 0 Å². The Morgan fingerprint density at radius 2 is 1.78 bits per heavy atom. The van der Waals surface area contributed by atoms with Crippen molar-refractivity contribution < 1.29 is 9.53 Å². The van der Waals surface area contributed by atoms with E-state index >= 15 is 0 Å². The molecule has 1 N–H and O–H groups in total. The van der Waals surface area contributed by atoms with E-state index in [1.165, 1.54) is 23.9 Å².